The SMILES string of the molecule is Cc1cc2c(cc1-c1c(C)c(Br)cc(C3(C)CCC4CC43C)c1O)C1(C)CCC(C)C1(C)O2. The molecule has 2 aromatic rings. The Hall–Kier alpha value is -1.48. The third-order valence-electron chi connectivity index (χ3n) is 11.4. The van der Waals surface area contributed by atoms with Crippen LogP contribution in [0.1, 0.15) is 89.0 Å². The number of hydrogen-bond donors (Lipinski definition) is 1. The quantitative estimate of drug-likeness (QED) is 0.441. The number of hydrogen-bond acceptors (Lipinski definition) is 2. The molecule has 33 heavy (non-hydrogen) atoms. The largest absolute Gasteiger partial charge is 0.507 e. The molecule has 1 aliphatic heterocycles. The molecule has 6 rings (SSSR count). The molecule has 0 saturated heterocycles. The highest BCUT2D eigenvalue weighted by molar-refractivity contribution is 9.10. The van der Waals surface area contributed by atoms with Crippen LogP contribution < -0.4 is 4.74 Å². The minimum Gasteiger partial charge on any atom is -0.507 e. The number of halogens is 1. The lowest BCUT2D eigenvalue weighted by atomic mass is 9.69. The lowest BCUT2D eigenvalue weighted by Gasteiger charge is -2.36. The zero-order valence-corrected chi connectivity index (χ0v) is 22.7. The van der Waals surface area contributed by atoms with Gasteiger partial charge in [0.05, 0.1) is 0 Å². The minimum absolute atomic E-state index is 0.00864. The standard InChI is InChI=1S/C30H37BrO2/c1-16-12-24-21(28(5)10-8-17(2)30(28,7)33-24)13-20(16)25-18(3)23(31)14-22(26(25)32)27(4)11-9-19-15-29(19,27)6/h12-14,17,19,32H,8-11,15H2,1-7H3. The van der Waals surface area contributed by atoms with Crippen molar-refractivity contribution in [3.05, 3.63) is 44.9 Å². The zero-order chi connectivity index (χ0) is 23.7. The normalized spacial score (nSPS) is 40.4. The van der Waals surface area contributed by atoms with Crippen LogP contribution in [0.25, 0.3) is 11.1 Å². The summed E-state index contributed by atoms with van der Waals surface area (Å²) in [5.74, 6) is 2.87. The van der Waals surface area contributed by atoms with E-state index in [9.17, 15) is 5.11 Å². The van der Waals surface area contributed by atoms with Gasteiger partial charge in [-0.05, 0) is 105 Å². The first kappa shape index (κ1) is 22.0. The Labute approximate surface area is 207 Å². The Morgan fingerprint density at radius 2 is 1.67 bits per heavy atom. The summed E-state index contributed by atoms with van der Waals surface area (Å²) in [6.45, 7) is 16.1. The summed E-state index contributed by atoms with van der Waals surface area (Å²) in [5, 5.41) is 11.9. The molecular weight excluding hydrogens is 472 g/mol. The van der Waals surface area contributed by atoms with Gasteiger partial charge in [-0.3, -0.25) is 0 Å². The number of fused-ring (bicyclic) bond motifs is 4. The molecule has 0 spiro atoms. The summed E-state index contributed by atoms with van der Waals surface area (Å²) < 4.78 is 7.77. The number of benzene rings is 2. The number of rotatable bonds is 2. The van der Waals surface area contributed by atoms with E-state index in [0.29, 0.717) is 17.1 Å². The molecule has 3 saturated carbocycles. The Kier molecular flexibility index (Phi) is 4.26. The Bertz CT molecular complexity index is 1210. The molecule has 1 heterocycles. The van der Waals surface area contributed by atoms with E-state index in [1.165, 1.54) is 30.4 Å². The van der Waals surface area contributed by atoms with E-state index in [-0.39, 0.29) is 16.4 Å². The first-order valence-corrected chi connectivity index (χ1v) is 13.5. The predicted molar refractivity (Wildman–Crippen MR) is 138 cm³/mol. The van der Waals surface area contributed by atoms with Gasteiger partial charge in [-0.15, -0.1) is 0 Å². The van der Waals surface area contributed by atoms with Crippen LogP contribution >= 0.6 is 15.9 Å². The molecule has 2 nitrogen and oxygen atoms in total. The van der Waals surface area contributed by atoms with Crippen molar-refractivity contribution in [1.29, 1.82) is 0 Å². The smallest absolute Gasteiger partial charge is 0.127 e. The maximum atomic E-state index is 11.9. The number of phenolic OH excluding ortho intramolecular Hbond substituents is 1. The molecule has 4 aliphatic rings. The molecule has 0 aromatic heterocycles. The van der Waals surface area contributed by atoms with Gasteiger partial charge in [0, 0.05) is 32.0 Å². The number of aryl methyl sites for hydroxylation is 1. The first-order valence-electron chi connectivity index (χ1n) is 12.7. The van der Waals surface area contributed by atoms with Crippen LogP contribution in [0.4, 0.5) is 0 Å². The number of aromatic hydroxyl groups is 1. The number of phenols is 1. The molecule has 0 bridgehead atoms. The zero-order valence-electron chi connectivity index (χ0n) is 21.2. The van der Waals surface area contributed by atoms with Crippen molar-refractivity contribution in [2.24, 2.45) is 17.3 Å². The van der Waals surface area contributed by atoms with E-state index >= 15 is 0 Å². The van der Waals surface area contributed by atoms with Gasteiger partial charge in [0.1, 0.15) is 17.1 Å². The van der Waals surface area contributed by atoms with E-state index < -0.39 is 0 Å². The van der Waals surface area contributed by atoms with Crippen molar-refractivity contribution < 1.29 is 9.84 Å². The third kappa shape index (κ3) is 2.46. The second-order valence-electron chi connectivity index (χ2n) is 12.6. The lowest BCUT2D eigenvalue weighted by Crippen LogP contribution is -2.46. The highest BCUT2D eigenvalue weighted by atomic mass is 79.9. The first-order chi connectivity index (χ1) is 15.4. The van der Waals surface area contributed by atoms with Gasteiger partial charge >= 0.3 is 0 Å². The summed E-state index contributed by atoms with van der Waals surface area (Å²) in [7, 11) is 0. The molecule has 6 unspecified atom stereocenters. The maximum absolute atomic E-state index is 11.9. The number of ether oxygens (including phenoxy) is 1. The van der Waals surface area contributed by atoms with Gasteiger partial charge < -0.3 is 9.84 Å². The fourth-order valence-electron chi connectivity index (χ4n) is 8.11. The van der Waals surface area contributed by atoms with Crippen LogP contribution in [0, 0.1) is 31.1 Å². The van der Waals surface area contributed by atoms with E-state index in [1.54, 1.807) is 0 Å². The highest BCUT2D eigenvalue weighted by Crippen LogP contribution is 2.73. The molecule has 6 atom stereocenters. The van der Waals surface area contributed by atoms with Crippen molar-refractivity contribution >= 4 is 15.9 Å². The summed E-state index contributed by atoms with van der Waals surface area (Å²) in [6.07, 6.45) is 6.06. The second kappa shape index (κ2) is 6.39. The molecule has 176 valence electrons. The molecule has 2 aromatic carbocycles. The van der Waals surface area contributed by atoms with Crippen LogP contribution in [-0.2, 0) is 10.8 Å². The monoisotopic (exact) mass is 508 g/mol. The molecule has 1 N–H and O–H groups in total. The van der Waals surface area contributed by atoms with Crippen LogP contribution in [-0.4, -0.2) is 10.7 Å². The van der Waals surface area contributed by atoms with E-state index in [0.717, 1.165) is 51.2 Å². The summed E-state index contributed by atoms with van der Waals surface area (Å²) in [5.41, 5.74) is 7.06. The van der Waals surface area contributed by atoms with Gasteiger partial charge in [-0.25, -0.2) is 0 Å². The van der Waals surface area contributed by atoms with E-state index in [4.69, 9.17) is 4.74 Å². The topological polar surface area (TPSA) is 29.5 Å². The molecule has 0 amide bonds. The Morgan fingerprint density at radius 3 is 2.30 bits per heavy atom. The third-order valence-corrected chi connectivity index (χ3v) is 12.2. The molecule has 3 heteroatoms. The maximum Gasteiger partial charge on any atom is 0.127 e. The fourth-order valence-corrected chi connectivity index (χ4v) is 8.54. The van der Waals surface area contributed by atoms with Crippen molar-refractivity contribution in [3.63, 3.8) is 0 Å². The predicted octanol–water partition coefficient (Wildman–Crippen LogP) is 8.35. The van der Waals surface area contributed by atoms with Crippen molar-refractivity contribution in [1.82, 2.24) is 0 Å². The molecule has 0 radical (unpaired) electrons. The Balaban J connectivity index is 1.56. The minimum atomic E-state index is -0.160. The average molecular weight is 510 g/mol. The van der Waals surface area contributed by atoms with Crippen LogP contribution in [0.3, 0.4) is 0 Å². The Morgan fingerprint density at radius 1 is 0.970 bits per heavy atom. The second-order valence-corrected chi connectivity index (χ2v) is 13.4. The average Bonchev–Trinajstić information content (AvgIpc) is 3.22. The summed E-state index contributed by atoms with van der Waals surface area (Å²) in [4.78, 5) is 0. The van der Waals surface area contributed by atoms with E-state index in [1.807, 2.05) is 0 Å². The van der Waals surface area contributed by atoms with Gasteiger partial charge in [0.25, 0.3) is 0 Å². The highest BCUT2D eigenvalue weighted by Gasteiger charge is 2.66. The molecule has 3 fully saturated rings. The lowest BCUT2D eigenvalue weighted by molar-refractivity contribution is 0.0306. The molecule has 3 aliphatic carbocycles. The van der Waals surface area contributed by atoms with Crippen LogP contribution in [0.5, 0.6) is 11.5 Å². The fraction of sp³-hybridized carbons (Fsp3) is 0.600. The summed E-state index contributed by atoms with van der Waals surface area (Å²) in [6, 6.07) is 6.79. The molecular formula is C30H37BrO2. The van der Waals surface area contributed by atoms with Crippen LogP contribution in [0.2, 0.25) is 0 Å². The van der Waals surface area contributed by atoms with Gasteiger partial charge in [-0.1, -0.05) is 43.6 Å². The van der Waals surface area contributed by atoms with Gasteiger partial charge in [-0.2, -0.15) is 0 Å². The summed E-state index contributed by atoms with van der Waals surface area (Å²) >= 11 is 3.87. The van der Waals surface area contributed by atoms with Crippen molar-refractivity contribution in [3.8, 4) is 22.6 Å². The van der Waals surface area contributed by atoms with Gasteiger partial charge in [0.15, 0.2) is 0 Å². The van der Waals surface area contributed by atoms with Crippen LogP contribution in [0.15, 0.2) is 22.7 Å². The van der Waals surface area contributed by atoms with Gasteiger partial charge in [0.2, 0.25) is 0 Å². The van der Waals surface area contributed by atoms with E-state index in [2.05, 4.69) is 82.6 Å². The van der Waals surface area contributed by atoms with Crippen molar-refractivity contribution in [2.45, 2.75) is 97.0 Å². The van der Waals surface area contributed by atoms with Crippen molar-refractivity contribution in [2.75, 3.05) is 0 Å².